The largest absolute Gasteiger partial charge is 0.506 e. The Bertz CT molecular complexity index is 1180. The summed E-state index contributed by atoms with van der Waals surface area (Å²) in [6.45, 7) is 2.01. The number of oxazole rings is 1. The molecule has 0 bridgehead atoms. The van der Waals surface area contributed by atoms with Crippen LogP contribution in [0.1, 0.15) is 11.1 Å². The fourth-order valence-electron chi connectivity index (χ4n) is 2.70. The van der Waals surface area contributed by atoms with Gasteiger partial charge in [-0.2, -0.15) is 0 Å². The smallest absolute Gasteiger partial charge is 0.227 e. The van der Waals surface area contributed by atoms with E-state index in [1.165, 1.54) is 0 Å². The summed E-state index contributed by atoms with van der Waals surface area (Å²) in [5.74, 6) is 0.634. The maximum Gasteiger partial charge on any atom is 0.227 e. The summed E-state index contributed by atoms with van der Waals surface area (Å²) < 4.78 is 6.40. The molecule has 0 aliphatic carbocycles. The van der Waals surface area contributed by atoms with Crippen LogP contribution in [0.15, 0.2) is 68.5 Å². The Labute approximate surface area is 169 Å². The van der Waals surface area contributed by atoms with Crippen LogP contribution in [0.25, 0.3) is 22.6 Å². The van der Waals surface area contributed by atoms with Gasteiger partial charge in [0.2, 0.25) is 5.89 Å². The van der Waals surface area contributed by atoms with Crippen molar-refractivity contribution in [3.8, 4) is 17.2 Å². The molecule has 27 heavy (non-hydrogen) atoms. The maximum absolute atomic E-state index is 10.1. The molecular formula is C21H14BrClN2O2. The number of phenols is 1. The Morgan fingerprint density at radius 1 is 1.15 bits per heavy atom. The highest BCUT2D eigenvalue weighted by Gasteiger charge is 2.09. The number of nitrogens with zero attached hydrogens (tertiary/aromatic N) is 2. The summed E-state index contributed by atoms with van der Waals surface area (Å²) in [5, 5.41) is 10.6. The number of aryl methyl sites for hydroxylation is 1. The zero-order valence-electron chi connectivity index (χ0n) is 14.3. The topological polar surface area (TPSA) is 58.6 Å². The lowest BCUT2D eigenvalue weighted by Crippen LogP contribution is -1.84. The Kier molecular flexibility index (Phi) is 4.72. The zero-order chi connectivity index (χ0) is 19.0. The lowest BCUT2D eigenvalue weighted by molar-refractivity contribution is 0.471. The number of halogens is 2. The number of aliphatic imine (C=N–C) groups is 1. The molecule has 1 N–H and O–H groups in total. The van der Waals surface area contributed by atoms with E-state index in [0.29, 0.717) is 26.6 Å². The van der Waals surface area contributed by atoms with Crippen molar-refractivity contribution in [2.75, 3.05) is 0 Å². The van der Waals surface area contributed by atoms with E-state index in [9.17, 15) is 5.11 Å². The lowest BCUT2D eigenvalue weighted by Gasteiger charge is -2.03. The number of benzene rings is 3. The summed E-state index contributed by atoms with van der Waals surface area (Å²) in [6.07, 6.45) is 1.57. The number of aromatic nitrogens is 1. The van der Waals surface area contributed by atoms with Crippen LogP contribution in [0.2, 0.25) is 5.02 Å². The molecule has 1 heterocycles. The minimum atomic E-state index is 0.0913. The fourth-order valence-corrected chi connectivity index (χ4v) is 3.54. The minimum Gasteiger partial charge on any atom is -0.506 e. The highest BCUT2D eigenvalue weighted by Crippen LogP contribution is 2.31. The normalized spacial score (nSPS) is 11.5. The highest BCUT2D eigenvalue weighted by molar-refractivity contribution is 9.10. The summed E-state index contributed by atoms with van der Waals surface area (Å²) >= 11 is 9.31. The van der Waals surface area contributed by atoms with E-state index in [1.54, 1.807) is 18.3 Å². The van der Waals surface area contributed by atoms with E-state index in [2.05, 4.69) is 25.9 Å². The van der Waals surface area contributed by atoms with E-state index in [4.69, 9.17) is 16.0 Å². The third kappa shape index (κ3) is 3.75. The molecular weight excluding hydrogens is 428 g/mol. The first kappa shape index (κ1) is 17.8. The molecule has 4 rings (SSSR count). The van der Waals surface area contributed by atoms with Crippen LogP contribution in [0, 0.1) is 6.92 Å². The molecule has 134 valence electrons. The average molecular weight is 442 g/mol. The number of fused-ring (bicyclic) bond motifs is 1. The monoisotopic (exact) mass is 440 g/mol. The number of rotatable bonds is 3. The molecule has 0 radical (unpaired) electrons. The fraction of sp³-hybridized carbons (Fsp3) is 0.0476. The van der Waals surface area contributed by atoms with Crippen LogP contribution < -0.4 is 0 Å². The van der Waals surface area contributed by atoms with Crippen molar-refractivity contribution in [3.63, 3.8) is 0 Å². The van der Waals surface area contributed by atoms with Crippen LogP contribution in [0.3, 0.4) is 0 Å². The van der Waals surface area contributed by atoms with Crippen LogP contribution in [0.4, 0.5) is 5.69 Å². The van der Waals surface area contributed by atoms with E-state index in [-0.39, 0.29) is 5.75 Å². The van der Waals surface area contributed by atoms with Crippen molar-refractivity contribution in [3.05, 3.63) is 75.2 Å². The van der Waals surface area contributed by atoms with Gasteiger partial charge in [0.05, 0.1) is 10.2 Å². The second-order valence-electron chi connectivity index (χ2n) is 6.12. The van der Waals surface area contributed by atoms with Gasteiger partial charge in [0.1, 0.15) is 11.3 Å². The first-order valence-corrected chi connectivity index (χ1v) is 9.36. The van der Waals surface area contributed by atoms with Gasteiger partial charge in [-0.15, -0.1) is 0 Å². The molecule has 0 spiro atoms. The minimum absolute atomic E-state index is 0.0913. The van der Waals surface area contributed by atoms with Crippen molar-refractivity contribution >= 4 is 50.5 Å². The standard InChI is InChI=1S/C21H14BrClN2O2/c1-12-5-6-18-19(7-12)27-21(25-18)13-3-2-4-16(9-13)24-11-14-8-15(23)10-17(22)20(14)26/h2-11,26H,1H3. The van der Waals surface area contributed by atoms with Gasteiger partial charge < -0.3 is 9.52 Å². The Morgan fingerprint density at radius 3 is 2.85 bits per heavy atom. The van der Waals surface area contributed by atoms with Gasteiger partial charge in [-0.1, -0.05) is 23.7 Å². The van der Waals surface area contributed by atoms with Crippen molar-refractivity contribution in [1.29, 1.82) is 0 Å². The van der Waals surface area contributed by atoms with Gasteiger partial charge in [0, 0.05) is 22.4 Å². The number of phenolic OH excluding ortho intramolecular Hbond substituents is 1. The van der Waals surface area contributed by atoms with E-state index < -0.39 is 0 Å². The van der Waals surface area contributed by atoms with Crippen LogP contribution in [-0.4, -0.2) is 16.3 Å². The molecule has 0 saturated heterocycles. The third-order valence-corrected chi connectivity index (χ3v) is 4.87. The third-order valence-electron chi connectivity index (χ3n) is 4.05. The SMILES string of the molecule is Cc1ccc2nc(-c3cccc(N=Cc4cc(Cl)cc(Br)c4O)c3)oc2c1. The molecule has 0 atom stereocenters. The van der Waals surface area contributed by atoms with Crippen molar-refractivity contribution < 1.29 is 9.52 Å². The molecule has 6 heteroatoms. The highest BCUT2D eigenvalue weighted by atomic mass is 79.9. The zero-order valence-corrected chi connectivity index (χ0v) is 16.6. The maximum atomic E-state index is 10.1. The summed E-state index contributed by atoms with van der Waals surface area (Å²) in [7, 11) is 0. The second kappa shape index (κ2) is 7.18. The number of hydrogen-bond donors (Lipinski definition) is 1. The van der Waals surface area contributed by atoms with Gasteiger partial charge in [-0.3, -0.25) is 4.99 Å². The molecule has 0 saturated carbocycles. The van der Waals surface area contributed by atoms with Gasteiger partial charge in [-0.05, 0) is 70.9 Å². The predicted octanol–water partition coefficient (Wildman–Crippen LogP) is 6.68. The first-order valence-electron chi connectivity index (χ1n) is 8.19. The van der Waals surface area contributed by atoms with Crippen molar-refractivity contribution in [2.24, 2.45) is 4.99 Å². The lowest BCUT2D eigenvalue weighted by atomic mass is 10.2. The van der Waals surface area contributed by atoms with Crippen molar-refractivity contribution in [1.82, 2.24) is 4.98 Å². The summed E-state index contributed by atoms with van der Waals surface area (Å²) in [6, 6.07) is 16.7. The van der Waals surface area contributed by atoms with Crippen LogP contribution in [0.5, 0.6) is 5.75 Å². The summed E-state index contributed by atoms with van der Waals surface area (Å²) in [5.41, 5.74) is 4.76. The van der Waals surface area contributed by atoms with Gasteiger partial charge in [0.15, 0.2) is 5.58 Å². The van der Waals surface area contributed by atoms with Gasteiger partial charge in [0.25, 0.3) is 0 Å². The summed E-state index contributed by atoms with van der Waals surface area (Å²) in [4.78, 5) is 8.98. The number of hydrogen-bond acceptors (Lipinski definition) is 4. The molecule has 4 nitrogen and oxygen atoms in total. The van der Waals surface area contributed by atoms with Gasteiger partial charge in [-0.25, -0.2) is 4.98 Å². The predicted molar refractivity (Wildman–Crippen MR) is 112 cm³/mol. The second-order valence-corrected chi connectivity index (χ2v) is 7.41. The first-order chi connectivity index (χ1) is 13.0. The van der Waals surface area contributed by atoms with E-state index >= 15 is 0 Å². The molecule has 0 unspecified atom stereocenters. The van der Waals surface area contributed by atoms with Gasteiger partial charge >= 0.3 is 0 Å². The Morgan fingerprint density at radius 2 is 2.00 bits per heavy atom. The molecule has 4 aromatic rings. The van der Waals surface area contributed by atoms with E-state index in [0.717, 1.165) is 22.2 Å². The van der Waals surface area contributed by atoms with Crippen LogP contribution in [-0.2, 0) is 0 Å². The molecule has 1 aromatic heterocycles. The molecule has 0 amide bonds. The quantitative estimate of drug-likeness (QED) is 0.361. The van der Waals surface area contributed by atoms with Crippen molar-refractivity contribution in [2.45, 2.75) is 6.92 Å². The Balaban J connectivity index is 1.68. The van der Waals surface area contributed by atoms with Crippen LogP contribution >= 0.6 is 27.5 Å². The number of aromatic hydroxyl groups is 1. The molecule has 0 fully saturated rings. The molecule has 0 aliphatic rings. The van der Waals surface area contributed by atoms with E-state index in [1.807, 2.05) is 49.4 Å². The molecule has 3 aromatic carbocycles. The molecule has 0 aliphatic heterocycles. The average Bonchev–Trinajstić information content (AvgIpc) is 3.07. The Hall–Kier alpha value is -2.63.